The third-order valence-corrected chi connectivity index (χ3v) is 4.87. The van der Waals surface area contributed by atoms with E-state index in [0.29, 0.717) is 24.4 Å². The fourth-order valence-electron chi connectivity index (χ4n) is 3.23. The molecule has 1 atom stereocenters. The number of benzene rings is 2. The Kier molecular flexibility index (Phi) is 7.72. The Morgan fingerprint density at radius 3 is 2.55 bits per heavy atom. The smallest absolute Gasteiger partial charge is 0.267 e. The van der Waals surface area contributed by atoms with E-state index < -0.39 is 11.9 Å². The average molecular weight is 426 g/mol. The van der Waals surface area contributed by atoms with Crippen molar-refractivity contribution in [3.8, 4) is 0 Å². The molecule has 2 aromatic rings. The van der Waals surface area contributed by atoms with Crippen LogP contribution in [0.1, 0.15) is 17.5 Å². The van der Waals surface area contributed by atoms with Gasteiger partial charge in [0, 0.05) is 31.6 Å². The molecule has 3 rings (SSSR count). The number of amides is 2. The molecule has 31 heavy (non-hydrogen) atoms. The zero-order valence-electron chi connectivity index (χ0n) is 17.8. The van der Waals surface area contributed by atoms with Crippen LogP contribution in [0.5, 0.6) is 0 Å². The van der Waals surface area contributed by atoms with Crippen LogP contribution in [-0.2, 0) is 21.0 Å². The standard InChI is InChI=1S/C23H27FN4O3/c1-27(2)13-12-25-22(29)16-28(15-17-8-4-3-5-9-17)23(30)21-14-20(26-31-21)18-10-6-7-11-19(18)24/h3-11,21H,12-16H2,1-2H3,(H,25,29). The Morgan fingerprint density at radius 1 is 1.13 bits per heavy atom. The van der Waals surface area contributed by atoms with E-state index in [9.17, 15) is 14.0 Å². The van der Waals surface area contributed by atoms with Crippen LogP contribution >= 0.6 is 0 Å². The Morgan fingerprint density at radius 2 is 1.84 bits per heavy atom. The number of oxime groups is 1. The zero-order chi connectivity index (χ0) is 22.2. The van der Waals surface area contributed by atoms with Crippen molar-refractivity contribution in [2.24, 2.45) is 5.16 Å². The fourth-order valence-corrected chi connectivity index (χ4v) is 3.23. The molecule has 1 N–H and O–H groups in total. The van der Waals surface area contributed by atoms with E-state index >= 15 is 0 Å². The summed E-state index contributed by atoms with van der Waals surface area (Å²) in [5.41, 5.74) is 1.59. The summed E-state index contributed by atoms with van der Waals surface area (Å²) in [6, 6.07) is 15.7. The van der Waals surface area contributed by atoms with E-state index in [1.54, 1.807) is 18.2 Å². The van der Waals surface area contributed by atoms with Gasteiger partial charge in [-0.05, 0) is 25.7 Å². The SMILES string of the molecule is CN(C)CCNC(=O)CN(Cc1ccccc1)C(=O)C1CC(c2ccccc2F)=NO1. The summed E-state index contributed by atoms with van der Waals surface area (Å²) < 4.78 is 14.1. The predicted octanol–water partition coefficient (Wildman–Crippen LogP) is 2.03. The number of hydrogen-bond acceptors (Lipinski definition) is 5. The van der Waals surface area contributed by atoms with Crippen molar-refractivity contribution in [2.75, 3.05) is 33.7 Å². The molecule has 0 radical (unpaired) electrons. The summed E-state index contributed by atoms with van der Waals surface area (Å²) in [7, 11) is 3.84. The highest BCUT2D eigenvalue weighted by Gasteiger charge is 2.34. The van der Waals surface area contributed by atoms with Gasteiger partial charge >= 0.3 is 0 Å². The van der Waals surface area contributed by atoms with Gasteiger partial charge in [-0.15, -0.1) is 0 Å². The van der Waals surface area contributed by atoms with E-state index in [-0.39, 0.29) is 31.3 Å². The zero-order valence-corrected chi connectivity index (χ0v) is 17.8. The van der Waals surface area contributed by atoms with Gasteiger partial charge in [0.15, 0.2) is 0 Å². The number of nitrogens with zero attached hydrogens (tertiary/aromatic N) is 3. The molecule has 0 fully saturated rings. The summed E-state index contributed by atoms with van der Waals surface area (Å²) in [6.07, 6.45) is -0.749. The normalized spacial score (nSPS) is 15.4. The van der Waals surface area contributed by atoms with Crippen LogP contribution in [0.25, 0.3) is 0 Å². The highest BCUT2D eigenvalue weighted by atomic mass is 19.1. The highest BCUT2D eigenvalue weighted by Crippen LogP contribution is 2.21. The first kappa shape index (κ1) is 22.4. The van der Waals surface area contributed by atoms with Crippen molar-refractivity contribution in [1.29, 1.82) is 0 Å². The summed E-state index contributed by atoms with van der Waals surface area (Å²) in [5, 5.41) is 6.75. The molecule has 0 spiro atoms. The van der Waals surface area contributed by atoms with Gasteiger partial charge in [-0.25, -0.2) is 4.39 Å². The van der Waals surface area contributed by atoms with E-state index in [1.807, 2.05) is 49.3 Å². The molecule has 0 saturated carbocycles. The third-order valence-electron chi connectivity index (χ3n) is 4.87. The quantitative estimate of drug-likeness (QED) is 0.666. The molecule has 1 aliphatic rings. The lowest BCUT2D eigenvalue weighted by atomic mass is 10.0. The molecule has 1 aliphatic heterocycles. The number of hydrogen-bond donors (Lipinski definition) is 1. The van der Waals surface area contributed by atoms with Crippen molar-refractivity contribution in [3.63, 3.8) is 0 Å². The Labute approximate surface area is 181 Å². The topological polar surface area (TPSA) is 74.2 Å². The first-order valence-electron chi connectivity index (χ1n) is 10.2. The minimum Gasteiger partial charge on any atom is -0.382 e. The molecule has 1 heterocycles. The van der Waals surface area contributed by atoms with Crippen LogP contribution in [0, 0.1) is 5.82 Å². The van der Waals surface area contributed by atoms with Gasteiger partial charge < -0.3 is 20.0 Å². The molecular weight excluding hydrogens is 399 g/mol. The lowest BCUT2D eigenvalue weighted by molar-refractivity contribution is -0.145. The van der Waals surface area contributed by atoms with Crippen molar-refractivity contribution < 1.29 is 18.8 Å². The van der Waals surface area contributed by atoms with E-state index in [0.717, 1.165) is 5.56 Å². The van der Waals surface area contributed by atoms with Gasteiger partial charge in [0.1, 0.15) is 5.82 Å². The minimum absolute atomic E-state index is 0.101. The van der Waals surface area contributed by atoms with Crippen LogP contribution in [0.3, 0.4) is 0 Å². The maximum Gasteiger partial charge on any atom is 0.267 e. The molecule has 8 heteroatoms. The number of nitrogens with one attached hydrogen (secondary N) is 1. The number of rotatable bonds is 9. The molecule has 2 amide bonds. The Hall–Kier alpha value is -3.26. The van der Waals surface area contributed by atoms with Gasteiger partial charge in [-0.3, -0.25) is 9.59 Å². The molecule has 0 aliphatic carbocycles. The van der Waals surface area contributed by atoms with Crippen LogP contribution in [0.4, 0.5) is 4.39 Å². The molecular formula is C23H27FN4O3. The highest BCUT2D eigenvalue weighted by molar-refractivity contribution is 6.04. The van der Waals surface area contributed by atoms with Gasteiger partial charge in [0.25, 0.3) is 5.91 Å². The van der Waals surface area contributed by atoms with E-state index in [4.69, 9.17) is 4.84 Å². The minimum atomic E-state index is -0.895. The lowest BCUT2D eigenvalue weighted by Crippen LogP contribution is -2.45. The van der Waals surface area contributed by atoms with Crippen LogP contribution in [0.15, 0.2) is 59.8 Å². The number of halogens is 1. The predicted molar refractivity (Wildman–Crippen MR) is 116 cm³/mol. The Bertz CT molecular complexity index is 933. The van der Waals surface area contributed by atoms with Gasteiger partial charge in [-0.2, -0.15) is 0 Å². The van der Waals surface area contributed by atoms with Crippen molar-refractivity contribution in [2.45, 2.75) is 19.1 Å². The third kappa shape index (κ3) is 6.36. The van der Waals surface area contributed by atoms with Crippen LogP contribution in [0.2, 0.25) is 0 Å². The van der Waals surface area contributed by atoms with E-state index in [1.165, 1.54) is 11.0 Å². The molecule has 2 aromatic carbocycles. The Balaban J connectivity index is 1.67. The van der Waals surface area contributed by atoms with Crippen molar-refractivity contribution in [1.82, 2.24) is 15.1 Å². The average Bonchev–Trinajstić information content (AvgIpc) is 3.23. The molecule has 0 bridgehead atoms. The monoisotopic (exact) mass is 426 g/mol. The number of carbonyl (C=O) groups excluding carboxylic acids is 2. The summed E-state index contributed by atoms with van der Waals surface area (Å²) in [6.45, 7) is 1.34. The van der Waals surface area contributed by atoms with Crippen molar-refractivity contribution >= 4 is 17.5 Å². The first-order valence-corrected chi connectivity index (χ1v) is 10.2. The largest absolute Gasteiger partial charge is 0.382 e. The van der Waals surface area contributed by atoms with Crippen molar-refractivity contribution in [3.05, 3.63) is 71.5 Å². The maximum atomic E-state index is 14.1. The van der Waals surface area contributed by atoms with Crippen LogP contribution < -0.4 is 5.32 Å². The van der Waals surface area contributed by atoms with Gasteiger partial charge in [0.05, 0.1) is 12.3 Å². The second-order valence-corrected chi connectivity index (χ2v) is 7.65. The second-order valence-electron chi connectivity index (χ2n) is 7.65. The van der Waals surface area contributed by atoms with E-state index in [2.05, 4.69) is 10.5 Å². The molecule has 1 unspecified atom stereocenters. The first-order chi connectivity index (χ1) is 14.9. The summed E-state index contributed by atoms with van der Waals surface area (Å²) in [5.74, 6) is -1.03. The van der Waals surface area contributed by atoms with Gasteiger partial charge in [0.2, 0.25) is 12.0 Å². The maximum absolute atomic E-state index is 14.1. The summed E-state index contributed by atoms with van der Waals surface area (Å²) >= 11 is 0. The number of likely N-dealkylation sites (N-methyl/N-ethyl adjacent to an activating group) is 1. The van der Waals surface area contributed by atoms with Gasteiger partial charge in [-0.1, -0.05) is 53.7 Å². The molecule has 0 aromatic heterocycles. The molecule has 7 nitrogen and oxygen atoms in total. The summed E-state index contributed by atoms with van der Waals surface area (Å²) in [4.78, 5) is 34.4. The number of carbonyl (C=O) groups is 2. The van der Waals surface area contributed by atoms with Crippen LogP contribution in [-0.4, -0.2) is 67.2 Å². The fraction of sp³-hybridized carbons (Fsp3) is 0.348. The molecule has 164 valence electrons. The second kappa shape index (κ2) is 10.7. The lowest BCUT2D eigenvalue weighted by Gasteiger charge is -2.24. The molecule has 0 saturated heterocycles.